The van der Waals surface area contributed by atoms with Gasteiger partial charge in [-0.2, -0.15) is 0 Å². The zero-order valence-electron chi connectivity index (χ0n) is 17.1. The summed E-state index contributed by atoms with van der Waals surface area (Å²) < 4.78 is 0. The van der Waals surface area contributed by atoms with Crippen LogP contribution >= 0.6 is 0 Å². The van der Waals surface area contributed by atoms with Crippen LogP contribution in [-0.2, 0) is 6.42 Å². The van der Waals surface area contributed by atoms with Gasteiger partial charge in [-0.1, -0.05) is 37.3 Å². The van der Waals surface area contributed by atoms with Crippen LogP contribution in [-0.4, -0.2) is 66.8 Å². The van der Waals surface area contributed by atoms with Crippen molar-refractivity contribution in [1.82, 2.24) is 4.90 Å². The fourth-order valence-corrected chi connectivity index (χ4v) is 3.66. The maximum atomic E-state index is 13.6. The highest BCUT2D eigenvalue weighted by molar-refractivity contribution is 6.03. The van der Waals surface area contributed by atoms with Crippen LogP contribution in [0, 0.1) is 0 Å². The van der Waals surface area contributed by atoms with E-state index in [-0.39, 0.29) is 19.0 Å². The van der Waals surface area contributed by atoms with Crippen molar-refractivity contribution >= 4 is 11.5 Å². The van der Waals surface area contributed by atoms with E-state index < -0.39 is 5.54 Å². The van der Waals surface area contributed by atoms with E-state index in [2.05, 4.69) is 0 Å². The highest BCUT2D eigenvalue weighted by Crippen LogP contribution is 2.29. The predicted octanol–water partition coefficient (Wildman–Crippen LogP) is 2.61. The molecule has 0 spiro atoms. The number of aliphatic hydroxyl groups excluding tert-OH is 2. The minimum absolute atomic E-state index is 0.00517. The smallest absolute Gasteiger partial charge is 0.183 e. The largest absolute Gasteiger partial charge is 0.395 e. The van der Waals surface area contributed by atoms with Gasteiger partial charge < -0.3 is 15.1 Å². The van der Waals surface area contributed by atoms with Crippen LogP contribution < -0.4 is 4.90 Å². The van der Waals surface area contributed by atoms with E-state index in [1.54, 1.807) is 0 Å². The Labute approximate surface area is 168 Å². The molecule has 0 aromatic heterocycles. The minimum Gasteiger partial charge on any atom is -0.395 e. The topological polar surface area (TPSA) is 64.0 Å². The Morgan fingerprint density at radius 2 is 1.54 bits per heavy atom. The molecule has 28 heavy (non-hydrogen) atoms. The fraction of sp³-hybridized carbons (Fsp3) is 0.435. The molecule has 0 radical (unpaired) electrons. The molecule has 0 aliphatic carbocycles. The Morgan fingerprint density at radius 1 is 0.929 bits per heavy atom. The summed E-state index contributed by atoms with van der Waals surface area (Å²) in [4.78, 5) is 17.6. The molecule has 0 saturated carbocycles. The molecule has 0 saturated heterocycles. The molecule has 1 unspecified atom stereocenters. The lowest BCUT2D eigenvalue weighted by molar-refractivity contribution is 0.0549. The van der Waals surface area contributed by atoms with Gasteiger partial charge in [0.1, 0.15) is 0 Å². The maximum absolute atomic E-state index is 13.6. The van der Waals surface area contributed by atoms with Crippen LogP contribution in [0.15, 0.2) is 54.6 Å². The lowest BCUT2D eigenvalue weighted by Crippen LogP contribution is -2.55. The Bertz CT molecular complexity index is 733. The Kier molecular flexibility index (Phi) is 8.18. The van der Waals surface area contributed by atoms with Gasteiger partial charge >= 0.3 is 0 Å². The van der Waals surface area contributed by atoms with Gasteiger partial charge in [0.05, 0.1) is 18.8 Å². The summed E-state index contributed by atoms with van der Waals surface area (Å²) in [6.07, 6.45) is 1.23. The normalized spacial score (nSPS) is 13.4. The number of hydrogen-bond acceptors (Lipinski definition) is 5. The van der Waals surface area contributed by atoms with E-state index in [9.17, 15) is 9.90 Å². The number of ketones is 1. The first-order valence-electron chi connectivity index (χ1n) is 9.81. The number of carbonyl (C=O) groups is 1. The maximum Gasteiger partial charge on any atom is 0.183 e. The summed E-state index contributed by atoms with van der Waals surface area (Å²) in [5.74, 6) is 0.0613. The van der Waals surface area contributed by atoms with Crippen LogP contribution in [0.5, 0.6) is 0 Å². The number of anilines is 1. The second-order valence-electron chi connectivity index (χ2n) is 7.21. The number of hydrogen-bond donors (Lipinski definition) is 2. The van der Waals surface area contributed by atoms with Gasteiger partial charge in [-0.05, 0) is 49.7 Å². The lowest BCUT2D eigenvalue weighted by Gasteiger charge is -2.40. The van der Waals surface area contributed by atoms with E-state index in [0.29, 0.717) is 31.5 Å². The first-order chi connectivity index (χ1) is 13.5. The van der Waals surface area contributed by atoms with Gasteiger partial charge in [0, 0.05) is 31.4 Å². The Balaban J connectivity index is 2.37. The van der Waals surface area contributed by atoms with Gasteiger partial charge in [0.2, 0.25) is 0 Å². The van der Waals surface area contributed by atoms with Crippen LogP contribution in [0.3, 0.4) is 0 Å². The third kappa shape index (κ3) is 4.98. The SMILES string of the molecule is CCC(Cc1ccccc1)(C(=O)c1ccc(N(C)CCO)cc1)N(C)CCO. The standard InChI is InChI=1S/C23H32N2O3/c1-4-23(25(3)15-17-27,18-19-8-6-5-7-9-19)22(28)20-10-12-21(13-11-20)24(2)14-16-26/h5-13,26-27H,4,14-18H2,1-3H3. The molecule has 2 aromatic carbocycles. The first kappa shape index (κ1) is 22.1. The predicted molar refractivity (Wildman–Crippen MR) is 114 cm³/mol. The molecule has 5 nitrogen and oxygen atoms in total. The molecule has 0 amide bonds. The molecule has 2 aromatic rings. The van der Waals surface area contributed by atoms with E-state index in [0.717, 1.165) is 11.3 Å². The number of carbonyl (C=O) groups excluding carboxylic acids is 1. The van der Waals surface area contributed by atoms with Crippen molar-refractivity contribution in [2.24, 2.45) is 0 Å². The first-order valence-corrected chi connectivity index (χ1v) is 9.81. The summed E-state index contributed by atoms with van der Waals surface area (Å²) in [5.41, 5.74) is 1.99. The average molecular weight is 385 g/mol. The zero-order chi connectivity index (χ0) is 20.6. The molecule has 1 atom stereocenters. The van der Waals surface area contributed by atoms with Crippen LogP contribution in [0.1, 0.15) is 29.3 Å². The Hall–Kier alpha value is -2.21. The number of rotatable bonds is 11. The number of nitrogens with zero attached hydrogens (tertiary/aromatic N) is 2. The lowest BCUT2D eigenvalue weighted by atomic mass is 9.80. The summed E-state index contributed by atoms with van der Waals surface area (Å²) in [6.45, 7) is 3.09. The molecule has 0 bridgehead atoms. The number of aliphatic hydroxyl groups is 2. The van der Waals surface area contributed by atoms with Gasteiger partial charge in [-0.15, -0.1) is 0 Å². The summed E-state index contributed by atoms with van der Waals surface area (Å²) in [7, 11) is 3.82. The van der Waals surface area contributed by atoms with Crippen molar-refractivity contribution < 1.29 is 15.0 Å². The second kappa shape index (κ2) is 10.4. The third-order valence-corrected chi connectivity index (χ3v) is 5.52. The molecular formula is C23H32N2O3. The van der Waals surface area contributed by atoms with Crippen molar-refractivity contribution in [2.75, 3.05) is 45.3 Å². The van der Waals surface area contributed by atoms with Crippen LogP contribution in [0.25, 0.3) is 0 Å². The van der Waals surface area contributed by atoms with Crippen LogP contribution in [0.4, 0.5) is 5.69 Å². The Morgan fingerprint density at radius 3 is 2.07 bits per heavy atom. The van der Waals surface area contributed by atoms with Gasteiger partial charge in [0.25, 0.3) is 0 Å². The number of likely N-dealkylation sites (N-methyl/N-ethyl adjacent to an activating group) is 2. The van der Waals surface area contributed by atoms with Gasteiger partial charge in [-0.3, -0.25) is 9.69 Å². The van der Waals surface area contributed by atoms with E-state index in [4.69, 9.17) is 5.11 Å². The fourth-order valence-electron chi connectivity index (χ4n) is 3.66. The summed E-state index contributed by atoms with van der Waals surface area (Å²) in [6, 6.07) is 17.6. The highest BCUT2D eigenvalue weighted by Gasteiger charge is 2.40. The van der Waals surface area contributed by atoms with E-state index in [1.807, 2.05) is 85.4 Å². The van der Waals surface area contributed by atoms with Crippen LogP contribution in [0.2, 0.25) is 0 Å². The molecule has 5 heteroatoms. The zero-order valence-corrected chi connectivity index (χ0v) is 17.1. The minimum atomic E-state index is -0.720. The molecule has 2 N–H and O–H groups in total. The molecule has 152 valence electrons. The molecule has 0 fully saturated rings. The highest BCUT2D eigenvalue weighted by atomic mass is 16.3. The average Bonchev–Trinajstić information content (AvgIpc) is 2.72. The van der Waals surface area contributed by atoms with Gasteiger partial charge in [0.15, 0.2) is 5.78 Å². The quantitative estimate of drug-likeness (QED) is 0.583. The van der Waals surface area contributed by atoms with E-state index >= 15 is 0 Å². The monoisotopic (exact) mass is 384 g/mol. The number of Topliss-reactive ketones (excluding diaryl/α,β-unsaturated/α-hetero) is 1. The third-order valence-electron chi connectivity index (χ3n) is 5.52. The molecule has 2 rings (SSSR count). The van der Waals surface area contributed by atoms with Crippen molar-refractivity contribution in [3.05, 3.63) is 65.7 Å². The van der Waals surface area contributed by atoms with E-state index in [1.165, 1.54) is 0 Å². The van der Waals surface area contributed by atoms with Crippen molar-refractivity contribution in [3.63, 3.8) is 0 Å². The molecule has 0 aliphatic heterocycles. The summed E-state index contributed by atoms with van der Waals surface area (Å²) in [5, 5.41) is 18.6. The molecular weight excluding hydrogens is 352 g/mol. The number of β-amino-alcohol motifs (C(OH)–C–C–N with tert-alkyl or cyclic N) is 1. The molecule has 0 aliphatic rings. The molecule has 0 heterocycles. The second-order valence-corrected chi connectivity index (χ2v) is 7.21. The van der Waals surface area contributed by atoms with Crippen molar-refractivity contribution in [3.8, 4) is 0 Å². The van der Waals surface area contributed by atoms with Crippen molar-refractivity contribution in [1.29, 1.82) is 0 Å². The summed E-state index contributed by atoms with van der Waals surface area (Å²) >= 11 is 0. The van der Waals surface area contributed by atoms with Gasteiger partial charge in [-0.25, -0.2) is 0 Å². The number of benzene rings is 2. The van der Waals surface area contributed by atoms with Crippen molar-refractivity contribution in [2.45, 2.75) is 25.3 Å².